The normalized spacial score (nSPS) is 19.2. The average molecular weight is 901 g/mol. The molecule has 3 heterocycles. The molecule has 6 atom stereocenters. The van der Waals surface area contributed by atoms with Crippen molar-refractivity contribution in [1.82, 2.24) is 20.1 Å². The number of nitrogens with zero attached hydrogens (tertiary/aromatic N) is 5. The molecule has 0 spiro atoms. The molecule has 2 aliphatic rings. The number of ether oxygens (including phenoxy) is 2. The van der Waals surface area contributed by atoms with E-state index in [4.69, 9.17) is 9.47 Å². The maximum absolute atomic E-state index is 14.7. The number of carbonyl (C=O) groups is 6. The Morgan fingerprint density at radius 2 is 1.29 bits per heavy atom. The van der Waals surface area contributed by atoms with Gasteiger partial charge < -0.3 is 24.8 Å². The largest absolute Gasteiger partial charge is 0.444 e. The lowest BCUT2D eigenvalue weighted by Crippen LogP contribution is -2.77. The SMILES string of the molecule is CC(C)(C)[C@@H](O)C(C(=O)NCCc1ccccc1)N1C(=O)C(N2C(=O)C(OC(=O)c3cccc([N+](=O)[O-])c3)C(OC(=O)c3cccc([N+](=O)[O-])c3)C2=O)C1CCc1cc2ccccc2cn1. The molecule has 66 heavy (non-hydrogen) atoms. The summed E-state index contributed by atoms with van der Waals surface area (Å²) < 4.78 is 11.0. The zero-order valence-corrected chi connectivity index (χ0v) is 35.8. The summed E-state index contributed by atoms with van der Waals surface area (Å²) in [6.07, 6.45) is -3.81. The Hall–Kier alpha value is -7.93. The van der Waals surface area contributed by atoms with E-state index in [2.05, 4.69) is 10.3 Å². The van der Waals surface area contributed by atoms with Gasteiger partial charge in [-0.1, -0.05) is 87.5 Å². The van der Waals surface area contributed by atoms with Crippen LogP contribution in [0.3, 0.4) is 0 Å². The minimum absolute atomic E-state index is 0.0280. The molecule has 4 aromatic carbocycles. The molecular weight excluding hydrogens is 857 g/mol. The lowest BCUT2D eigenvalue weighted by atomic mass is 9.79. The van der Waals surface area contributed by atoms with Crippen LogP contribution in [0.15, 0.2) is 115 Å². The number of hydrogen-bond acceptors (Lipinski definition) is 14. The van der Waals surface area contributed by atoms with E-state index in [1.807, 2.05) is 60.7 Å². The van der Waals surface area contributed by atoms with Gasteiger partial charge in [0.15, 0.2) is 0 Å². The minimum Gasteiger partial charge on any atom is -0.444 e. The second kappa shape index (κ2) is 19.0. The number of aromatic nitrogens is 1. The molecule has 340 valence electrons. The van der Waals surface area contributed by atoms with Gasteiger partial charge in [-0.15, -0.1) is 0 Å². The molecule has 0 radical (unpaired) electrons. The van der Waals surface area contributed by atoms with Crippen molar-refractivity contribution in [3.05, 3.63) is 158 Å². The molecular formula is C47H44N6O13. The highest BCUT2D eigenvalue weighted by Gasteiger charge is 2.64. The summed E-state index contributed by atoms with van der Waals surface area (Å²) in [7, 11) is 0. The van der Waals surface area contributed by atoms with Crippen molar-refractivity contribution in [3.63, 3.8) is 0 Å². The number of aliphatic hydroxyl groups excluding tert-OH is 1. The van der Waals surface area contributed by atoms with Gasteiger partial charge in [-0.3, -0.25) is 49.3 Å². The Balaban J connectivity index is 1.25. The van der Waals surface area contributed by atoms with E-state index >= 15 is 0 Å². The summed E-state index contributed by atoms with van der Waals surface area (Å²) >= 11 is 0. The summed E-state index contributed by atoms with van der Waals surface area (Å²) in [5.74, 6) is -6.91. The maximum atomic E-state index is 14.7. The molecule has 2 fully saturated rings. The monoisotopic (exact) mass is 900 g/mol. The van der Waals surface area contributed by atoms with Gasteiger partial charge in [-0.25, -0.2) is 9.59 Å². The van der Waals surface area contributed by atoms with E-state index in [1.165, 1.54) is 12.1 Å². The molecule has 4 amide bonds. The van der Waals surface area contributed by atoms with Crippen LogP contribution in [0.25, 0.3) is 10.8 Å². The molecule has 19 nitrogen and oxygen atoms in total. The first-order valence-electron chi connectivity index (χ1n) is 20.9. The third kappa shape index (κ3) is 9.60. The summed E-state index contributed by atoms with van der Waals surface area (Å²) in [5.41, 5.74) is -1.35. The number of rotatable bonds is 16. The van der Waals surface area contributed by atoms with Gasteiger partial charge in [0.2, 0.25) is 24.0 Å². The number of nitro benzene ring substituents is 2. The fourth-order valence-corrected chi connectivity index (χ4v) is 8.01. The van der Waals surface area contributed by atoms with Crippen molar-refractivity contribution in [2.24, 2.45) is 5.41 Å². The van der Waals surface area contributed by atoms with Crippen molar-refractivity contribution < 1.29 is 53.2 Å². The van der Waals surface area contributed by atoms with Gasteiger partial charge in [0.25, 0.3) is 23.2 Å². The lowest BCUT2D eigenvalue weighted by Gasteiger charge is -2.54. The molecule has 2 saturated heterocycles. The van der Waals surface area contributed by atoms with E-state index in [-0.39, 0.29) is 19.4 Å². The quantitative estimate of drug-likeness (QED) is 0.0454. The zero-order valence-electron chi connectivity index (χ0n) is 35.8. The molecule has 0 bridgehead atoms. The van der Waals surface area contributed by atoms with Crippen molar-refractivity contribution in [2.75, 3.05) is 6.54 Å². The Morgan fingerprint density at radius 1 is 0.742 bits per heavy atom. The van der Waals surface area contributed by atoms with Crippen molar-refractivity contribution in [2.45, 2.75) is 76.5 Å². The molecule has 2 N–H and O–H groups in total. The predicted octanol–water partition coefficient (Wildman–Crippen LogP) is 4.52. The van der Waals surface area contributed by atoms with Gasteiger partial charge in [-0.05, 0) is 53.8 Å². The number of imide groups is 1. The Labute approximate surface area is 376 Å². The number of benzene rings is 4. The first-order valence-corrected chi connectivity index (χ1v) is 20.9. The number of pyridine rings is 1. The van der Waals surface area contributed by atoms with Crippen LogP contribution in [0.1, 0.15) is 59.2 Å². The Kier molecular flexibility index (Phi) is 13.3. The number of nitro groups is 2. The molecule has 5 aromatic rings. The van der Waals surface area contributed by atoms with Crippen LogP contribution >= 0.6 is 0 Å². The van der Waals surface area contributed by atoms with E-state index in [0.29, 0.717) is 17.0 Å². The molecule has 1 aromatic heterocycles. The Morgan fingerprint density at radius 3 is 1.83 bits per heavy atom. The molecule has 2 aliphatic heterocycles. The number of carbonyl (C=O) groups excluding carboxylic acids is 6. The van der Waals surface area contributed by atoms with Crippen LogP contribution in [0.4, 0.5) is 11.4 Å². The van der Waals surface area contributed by atoms with E-state index in [1.54, 1.807) is 27.0 Å². The third-order valence-electron chi connectivity index (χ3n) is 11.5. The fourth-order valence-electron chi connectivity index (χ4n) is 8.01. The van der Waals surface area contributed by atoms with Crippen LogP contribution in [-0.2, 0) is 41.5 Å². The number of aliphatic hydroxyl groups is 1. The molecule has 7 rings (SSSR count). The van der Waals surface area contributed by atoms with Crippen LogP contribution in [0.2, 0.25) is 0 Å². The number of non-ortho nitro benzene ring substituents is 2. The zero-order chi connectivity index (χ0) is 47.4. The van der Waals surface area contributed by atoms with E-state index in [9.17, 15) is 54.1 Å². The van der Waals surface area contributed by atoms with Gasteiger partial charge >= 0.3 is 11.9 Å². The van der Waals surface area contributed by atoms with Crippen molar-refractivity contribution in [3.8, 4) is 0 Å². The number of esters is 2. The molecule has 0 aliphatic carbocycles. The van der Waals surface area contributed by atoms with E-state index < -0.39 is 110 Å². The highest BCUT2D eigenvalue weighted by molar-refractivity contribution is 6.14. The van der Waals surface area contributed by atoms with Crippen molar-refractivity contribution in [1.29, 1.82) is 0 Å². The van der Waals surface area contributed by atoms with Gasteiger partial charge in [0, 0.05) is 48.1 Å². The molecule has 0 saturated carbocycles. The number of β-lactam (4-membered cyclic amide) rings is 1. The second-order valence-electron chi connectivity index (χ2n) is 16.9. The van der Waals surface area contributed by atoms with Gasteiger partial charge in [0.1, 0.15) is 12.1 Å². The first kappa shape index (κ1) is 46.1. The van der Waals surface area contributed by atoms with Gasteiger partial charge in [-0.2, -0.15) is 0 Å². The number of fused-ring (bicyclic) bond motifs is 1. The lowest BCUT2D eigenvalue weighted by molar-refractivity contribution is -0.385. The summed E-state index contributed by atoms with van der Waals surface area (Å²) in [5, 5.41) is 39.4. The second-order valence-corrected chi connectivity index (χ2v) is 16.9. The molecule has 19 heteroatoms. The standard InChI is InChI=1S/C47H44N6O13/c1-47(2,3)40(54)37(41(55)48-22-21-27-11-5-4-6-12-27)50-35(20-19-32-23-28-13-7-8-14-31(28)26-49-32)36(42(50)56)51-43(57)38(65-45(59)29-15-9-17-33(24-29)52(61)62)39(44(51)58)66-46(60)30-16-10-18-34(25-30)53(63)64/h4-18,23-26,35-40,54H,19-22H2,1-3H3,(H,48,55)/t35?,36?,37?,38?,39?,40-/m0/s1. The topological polar surface area (TPSA) is 259 Å². The number of aryl methyl sites for hydroxylation is 1. The summed E-state index contributed by atoms with van der Waals surface area (Å²) in [6.45, 7) is 5.15. The van der Waals surface area contributed by atoms with Gasteiger partial charge in [0.05, 0.1) is 33.1 Å². The number of nitrogens with one attached hydrogen (secondary N) is 1. The first-order chi connectivity index (χ1) is 31.4. The molecule has 5 unspecified atom stereocenters. The smallest absolute Gasteiger partial charge is 0.339 e. The Bertz CT molecular complexity index is 2650. The highest BCUT2D eigenvalue weighted by atomic mass is 16.6. The van der Waals surface area contributed by atoms with E-state index in [0.717, 1.165) is 57.6 Å². The van der Waals surface area contributed by atoms with Crippen LogP contribution < -0.4 is 5.32 Å². The average Bonchev–Trinajstić information content (AvgIpc) is 3.51. The van der Waals surface area contributed by atoms with Crippen LogP contribution in [0.5, 0.6) is 0 Å². The third-order valence-corrected chi connectivity index (χ3v) is 11.5. The summed E-state index contributed by atoms with van der Waals surface area (Å²) in [4.78, 5) is 113. The number of hydrogen-bond donors (Lipinski definition) is 2. The van der Waals surface area contributed by atoms with Crippen LogP contribution in [-0.4, -0.2) is 108 Å². The number of amides is 4. The van der Waals surface area contributed by atoms with Crippen molar-refractivity contribution >= 4 is 57.7 Å². The maximum Gasteiger partial charge on any atom is 0.339 e. The van der Waals surface area contributed by atoms with Crippen LogP contribution in [0, 0.1) is 25.6 Å². The minimum atomic E-state index is -2.26. The predicted molar refractivity (Wildman–Crippen MR) is 233 cm³/mol. The fraction of sp³-hybridized carbons (Fsp3) is 0.298. The summed E-state index contributed by atoms with van der Waals surface area (Å²) in [6, 6.07) is 22.7. The highest BCUT2D eigenvalue weighted by Crippen LogP contribution is 2.39. The number of likely N-dealkylation sites (tertiary alicyclic amines) is 2.